The van der Waals surface area contributed by atoms with Crippen LogP contribution < -0.4 is 10.1 Å². The SMILES string of the molecule is CC.CC(C)=COc1cc(C(=O)Nc2scc(C)c2C=O)ccc1C.CO.Cc1ccc(Cl)cc1. The Morgan fingerprint density at radius 3 is 2.11 bits per heavy atom. The quantitative estimate of drug-likeness (QED) is 0.265. The second kappa shape index (κ2) is 17.5. The lowest BCUT2D eigenvalue weighted by Crippen LogP contribution is -2.12. The summed E-state index contributed by atoms with van der Waals surface area (Å²) in [7, 11) is 1.00. The molecule has 2 aromatic carbocycles. The van der Waals surface area contributed by atoms with Crippen molar-refractivity contribution in [2.45, 2.75) is 48.5 Å². The first-order valence-corrected chi connectivity index (χ1v) is 12.4. The van der Waals surface area contributed by atoms with E-state index in [1.54, 1.807) is 18.4 Å². The number of allylic oxidation sites excluding steroid dienone is 1. The van der Waals surface area contributed by atoms with E-state index in [-0.39, 0.29) is 5.91 Å². The number of aliphatic hydroxyl groups is 1. The molecule has 0 spiro atoms. The zero-order valence-electron chi connectivity index (χ0n) is 21.7. The maximum absolute atomic E-state index is 12.4. The van der Waals surface area contributed by atoms with Crippen molar-refractivity contribution >= 4 is 40.1 Å². The van der Waals surface area contributed by atoms with Crippen LogP contribution in [0.3, 0.4) is 0 Å². The fourth-order valence-corrected chi connectivity index (χ4v) is 3.49. The monoisotopic (exact) mass is 517 g/mol. The van der Waals surface area contributed by atoms with Gasteiger partial charge in [0.2, 0.25) is 0 Å². The van der Waals surface area contributed by atoms with Gasteiger partial charge in [0.15, 0.2) is 6.29 Å². The van der Waals surface area contributed by atoms with Crippen molar-refractivity contribution in [3.8, 4) is 5.75 Å². The average Bonchev–Trinajstić information content (AvgIpc) is 3.22. The Balaban J connectivity index is 0.000000801. The van der Waals surface area contributed by atoms with Gasteiger partial charge in [-0.05, 0) is 81.0 Å². The van der Waals surface area contributed by atoms with Crippen molar-refractivity contribution in [1.82, 2.24) is 0 Å². The van der Waals surface area contributed by atoms with Gasteiger partial charge in [0.25, 0.3) is 5.91 Å². The number of aliphatic hydroxyl groups excluding tert-OH is 1. The molecular weight excluding hydrogens is 482 g/mol. The number of thiophene rings is 1. The fourth-order valence-electron chi connectivity index (χ4n) is 2.45. The van der Waals surface area contributed by atoms with Crippen LogP contribution in [-0.2, 0) is 0 Å². The van der Waals surface area contributed by atoms with Crippen LogP contribution in [0.15, 0.2) is 59.7 Å². The van der Waals surface area contributed by atoms with Crippen molar-refractivity contribution in [2.24, 2.45) is 0 Å². The summed E-state index contributed by atoms with van der Waals surface area (Å²) in [5.74, 6) is 0.369. The molecule has 0 radical (unpaired) electrons. The molecule has 0 aliphatic heterocycles. The van der Waals surface area contributed by atoms with Gasteiger partial charge in [0.1, 0.15) is 10.8 Å². The Kier molecular flexibility index (Phi) is 16.0. The predicted octanol–water partition coefficient (Wildman–Crippen LogP) is 8.02. The molecule has 0 aliphatic rings. The lowest BCUT2D eigenvalue weighted by Gasteiger charge is -2.09. The molecule has 3 rings (SSSR count). The van der Waals surface area contributed by atoms with Crippen LogP contribution in [0, 0.1) is 20.8 Å². The highest BCUT2D eigenvalue weighted by Gasteiger charge is 2.14. The number of hydrogen-bond acceptors (Lipinski definition) is 5. The van der Waals surface area contributed by atoms with Gasteiger partial charge in [-0.3, -0.25) is 9.59 Å². The number of anilines is 1. The molecule has 0 fully saturated rings. The average molecular weight is 518 g/mol. The first-order valence-electron chi connectivity index (χ1n) is 11.1. The van der Waals surface area contributed by atoms with E-state index in [2.05, 4.69) is 5.32 Å². The molecular formula is C28H36ClNO4S. The minimum absolute atomic E-state index is 0.267. The molecule has 2 N–H and O–H groups in total. The van der Waals surface area contributed by atoms with Crippen LogP contribution in [0.25, 0.3) is 0 Å². The summed E-state index contributed by atoms with van der Waals surface area (Å²) in [6.07, 6.45) is 2.41. The highest BCUT2D eigenvalue weighted by atomic mass is 35.5. The van der Waals surface area contributed by atoms with Crippen molar-refractivity contribution in [2.75, 3.05) is 12.4 Å². The van der Waals surface area contributed by atoms with E-state index in [0.717, 1.165) is 35.1 Å². The van der Waals surface area contributed by atoms with Crippen molar-refractivity contribution in [3.05, 3.63) is 92.5 Å². The summed E-state index contributed by atoms with van der Waals surface area (Å²) in [6.45, 7) is 13.7. The third-order valence-corrected chi connectivity index (χ3v) is 5.53. The molecule has 3 aromatic rings. The smallest absolute Gasteiger partial charge is 0.256 e. The Hall–Kier alpha value is -2.93. The zero-order chi connectivity index (χ0) is 27.0. The third kappa shape index (κ3) is 11.4. The molecule has 0 saturated heterocycles. The number of aryl methyl sites for hydroxylation is 3. The Morgan fingerprint density at radius 1 is 1.00 bits per heavy atom. The summed E-state index contributed by atoms with van der Waals surface area (Å²) >= 11 is 6.95. The largest absolute Gasteiger partial charge is 0.465 e. The molecule has 0 aliphatic carbocycles. The van der Waals surface area contributed by atoms with E-state index in [4.69, 9.17) is 21.4 Å². The number of hydrogen-bond donors (Lipinski definition) is 2. The maximum atomic E-state index is 12.4. The van der Waals surface area contributed by atoms with Gasteiger partial charge in [0.05, 0.1) is 11.8 Å². The van der Waals surface area contributed by atoms with Crippen LogP contribution >= 0.6 is 22.9 Å². The summed E-state index contributed by atoms with van der Waals surface area (Å²) in [6, 6.07) is 13.0. The van der Waals surface area contributed by atoms with Crippen LogP contribution in [0.4, 0.5) is 5.00 Å². The molecule has 1 heterocycles. The number of halogens is 1. The number of aldehydes is 1. The van der Waals surface area contributed by atoms with Gasteiger partial charge in [-0.2, -0.15) is 0 Å². The third-order valence-electron chi connectivity index (χ3n) is 4.25. The fraction of sp³-hybridized carbons (Fsp3) is 0.286. The number of ether oxygens (including phenoxy) is 1. The molecule has 0 bridgehead atoms. The lowest BCUT2D eigenvalue weighted by atomic mass is 10.1. The van der Waals surface area contributed by atoms with E-state index in [1.165, 1.54) is 16.9 Å². The predicted molar refractivity (Wildman–Crippen MR) is 149 cm³/mol. The van der Waals surface area contributed by atoms with Gasteiger partial charge < -0.3 is 15.2 Å². The van der Waals surface area contributed by atoms with E-state index in [0.29, 0.717) is 21.9 Å². The molecule has 0 atom stereocenters. The van der Waals surface area contributed by atoms with Gasteiger partial charge >= 0.3 is 0 Å². The van der Waals surface area contributed by atoms with Crippen molar-refractivity contribution in [3.63, 3.8) is 0 Å². The molecule has 1 aromatic heterocycles. The van der Waals surface area contributed by atoms with E-state index in [1.807, 2.05) is 84.2 Å². The second-order valence-corrected chi connectivity index (χ2v) is 8.64. The molecule has 7 heteroatoms. The Labute approximate surface area is 218 Å². The van der Waals surface area contributed by atoms with E-state index in [9.17, 15) is 9.59 Å². The van der Waals surface area contributed by atoms with Gasteiger partial charge in [-0.1, -0.05) is 49.2 Å². The summed E-state index contributed by atoms with van der Waals surface area (Å²) in [4.78, 5) is 23.5. The van der Waals surface area contributed by atoms with Gasteiger partial charge in [-0.25, -0.2) is 0 Å². The second-order valence-electron chi connectivity index (χ2n) is 7.32. The van der Waals surface area contributed by atoms with E-state index < -0.39 is 0 Å². The molecule has 35 heavy (non-hydrogen) atoms. The Bertz CT molecular complexity index is 1060. The number of rotatable bonds is 5. The molecule has 0 saturated carbocycles. The van der Waals surface area contributed by atoms with Crippen LogP contribution in [0.2, 0.25) is 5.02 Å². The summed E-state index contributed by atoms with van der Waals surface area (Å²) in [5.41, 5.74) is 5.09. The van der Waals surface area contributed by atoms with Crippen LogP contribution in [-0.4, -0.2) is 24.4 Å². The van der Waals surface area contributed by atoms with E-state index >= 15 is 0 Å². The first-order chi connectivity index (χ1) is 16.7. The molecule has 5 nitrogen and oxygen atoms in total. The number of nitrogens with one attached hydrogen (secondary N) is 1. The molecule has 190 valence electrons. The minimum Gasteiger partial charge on any atom is -0.465 e. The van der Waals surface area contributed by atoms with Crippen LogP contribution in [0.1, 0.15) is 65.1 Å². The molecule has 1 amide bonds. The summed E-state index contributed by atoms with van der Waals surface area (Å²) < 4.78 is 5.59. The normalized spacial score (nSPS) is 9.09. The summed E-state index contributed by atoms with van der Waals surface area (Å²) in [5, 5.41) is 13.0. The number of carbonyl (C=O) groups is 2. The van der Waals surface area contributed by atoms with Crippen LogP contribution in [0.5, 0.6) is 5.75 Å². The van der Waals surface area contributed by atoms with Gasteiger partial charge in [-0.15, -0.1) is 11.3 Å². The minimum atomic E-state index is -0.267. The maximum Gasteiger partial charge on any atom is 0.256 e. The number of carbonyl (C=O) groups excluding carboxylic acids is 2. The highest BCUT2D eigenvalue weighted by Crippen LogP contribution is 2.27. The Morgan fingerprint density at radius 2 is 1.60 bits per heavy atom. The van der Waals surface area contributed by atoms with Gasteiger partial charge in [0, 0.05) is 17.7 Å². The number of amides is 1. The topological polar surface area (TPSA) is 75.6 Å². The highest BCUT2D eigenvalue weighted by molar-refractivity contribution is 7.15. The lowest BCUT2D eigenvalue weighted by molar-refractivity contribution is 0.102. The zero-order valence-corrected chi connectivity index (χ0v) is 23.3. The van der Waals surface area contributed by atoms with Crippen molar-refractivity contribution in [1.29, 1.82) is 0 Å². The number of benzene rings is 2. The standard InChI is InChI=1S/C18H19NO3S.C7H7Cl.C2H6.CH4O/c1-11(2)9-22-16-7-14(6-5-12(16)3)17(21)19-18-15(8-20)13(4)10-23-18;1-6-2-4-7(8)5-3-6;2*1-2/h5-10H,1-4H3,(H,19,21);2-5H,1H3;1-2H3;2H,1H3. The molecule has 0 unspecified atom stereocenters. The first kappa shape index (κ1) is 32.1. The van der Waals surface area contributed by atoms with Crippen molar-refractivity contribution < 1.29 is 19.4 Å².